The van der Waals surface area contributed by atoms with Crippen molar-refractivity contribution >= 4 is 0 Å². The number of aryl methyl sites for hydroxylation is 1. The average molecular weight is 232 g/mol. The fraction of sp³-hybridized carbons (Fsp3) is 0.273. The first-order valence-corrected chi connectivity index (χ1v) is 5.15. The molecular weight excluding hydrogens is 220 g/mol. The molecular formula is C11H12N4O2. The van der Waals surface area contributed by atoms with Crippen LogP contribution in [0.5, 0.6) is 0 Å². The van der Waals surface area contributed by atoms with Gasteiger partial charge in [-0.15, -0.1) is 0 Å². The molecule has 6 nitrogen and oxygen atoms in total. The summed E-state index contributed by atoms with van der Waals surface area (Å²) in [5.41, 5.74) is 3.49. The van der Waals surface area contributed by atoms with E-state index in [2.05, 4.69) is 15.2 Å². The SMILES string of the molecule is Cc1cc(-c2ncn[nH]2)cc(C[N+](=O)[O-])c1C. The minimum absolute atomic E-state index is 0.172. The summed E-state index contributed by atoms with van der Waals surface area (Å²) in [6.07, 6.45) is 1.41. The van der Waals surface area contributed by atoms with Gasteiger partial charge < -0.3 is 0 Å². The number of aromatic nitrogens is 3. The van der Waals surface area contributed by atoms with Crippen LogP contribution in [-0.4, -0.2) is 20.1 Å². The minimum atomic E-state index is -0.327. The molecule has 0 radical (unpaired) electrons. The molecule has 0 bridgehead atoms. The molecule has 17 heavy (non-hydrogen) atoms. The Morgan fingerprint density at radius 2 is 2.18 bits per heavy atom. The van der Waals surface area contributed by atoms with Crippen molar-refractivity contribution in [1.29, 1.82) is 0 Å². The van der Waals surface area contributed by atoms with Crippen molar-refractivity contribution in [2.45, 2.75) is 20.4 Å². The second kappa shape index (κ2) is 4.32. The van der Waals surface area contributed by atoms with Crippen molar-refractivity contribution in [3.8, 4) is 11.4 Å². The highest BCUT2D eigenvalue weighted by molar-refractivity contribution is 5.58. The average Bonchev–Trinajstić information content (AvgIpc) is 2.77. The van der Waals surface area contributed by atoms with Gasteiger partial charge in [0.05, 0.1) is 0 Å². The third kappa shape index (κ3) is 2.30. The van der Waals surface area contributed by atoms with Crippen molar-refractivity contribution in [1.82, 2.24) is 15.2 Å². The maximum absolute atomic E-state index is 10.6. The lowest BCUT2D eigenvalue weighted by Gasteiger charge is -2.07. The van der Waals surface area contributed by atoms with Gasteiger partial charge >= 0.3 is 0 Å². The van der Waals surface area contributed by atoms with Crippen LogP contribution in [-0.2, 0) is 6.54 Å². The Hall–Kier alpha value is -2.24. The lowest BCUT2D eigenvalue weighted by Crippen LogP contribution is -2.02. The van der Waals surface area contributed by atoms with E-state index in [1.165, 1.54) is 6.33 Å². The number of nitrogens with zero attached hydrogens (tertiary/aromatic N) is 3. The number of H-pyrrole nitrogens is 1. The Morgan fingerprint density at radius 1 is 1.41 bits per heavy atom. The lowest BCUT2D eigenvalue weighted by molar-refractivity contribution is -0.496. The second-order valence-corrected chi connectivity index (χ2v) is 3.90. The zero-order chi connectivity index (χ0) is 12.4. The maximum Gasteiger partial charge on any atom is 0.229 e. The summed E-state index contributed by atoms with van der Waals surface area (Å²) in [6, 6.07) is 3.73. The number of nitro groups is 1. The topological polar surface area (TPSA) is 84.7 Å². The van der Waals surface area contributed by atoms with Gasteiger partial charge in [0.2, 0.25) is 6.54 Å². The van der Waals surface area contributed by atoms with Gasteiger partial charge in [-0.05, 0) is 37.1 Å². The third-order valence-electron chi connectivity index (χ3n) is 2.76. The van der Waals surface area contributed by atoms with Crippen molar-refractivity contribution in [2.24, 2.45) is 0 Å². The molecule has 0 spiro atoms. The Balaban J connectivity index is 2.49. The van der Waals surface area contributed by atoms with E-state index in [1.807, 2.05) is 19.9 Å². The molecule has 0 saturated carbocycles. The minimum Gasteiger partial charge on any atom is -0.264 e. The molecule has 0 aliphatic rings. The Morgan fingerprint density at radius 3 is 2.76 bits per heavy atom. The van der Waals surface area contributed by atoms with Crippen molar-refractivity contribution in [3.05, 3.63) is 45.3 Å². The normalized spacial score (nSPS) is 10.5. The van der Waals surface area contributed by atoms with E-state index < -0.39 is 0 Å². The van der Waals surface area contributed by atoms with Crippen molar-refractivity contribution in [3.63, 3.8) is 0 Å². The first kappa shape index (κ1) is 11.3. The zero-order valence-electron chi connectivity index (χ0n) is 9.60. The number of nitrogens with one attached hydrogen (secondary N) is 1. The molecule has 1 aromatic heterocycles. The highest BCUT2D eigenvalue weighted by atomic mass is 16.6. The van der Waals surface area contributed by atoms with Crippen LogP contribution in [0.2, 0.25) is 0 Å². The van der Waals surface area contributed by atoms with Crippen LogP contribution in [0.3, 0.4) is 0 Å². The molecule has 0 fully saturated rings. The first-order valence-electron chi connectivity index (χ1n) is 5.15. The van der Waals surface area contributed by atoms with Gasteiger partial charge in [-0.2, -0.15) is 5.10 Å². The van der Waals surface area contributed by atoms with Crippen molar-refractivity contribution in [2.75, 3.05) is 0 Å². The molecule has 0 aliphatic carbocycles. The summed E-state index contributed by atoms with van der Waals surface area (Å²) in [5, 5.41) is 17.1. The van der Waals surface area contributed by atoms with Crippen LogP contribution in [0.4, 0.5) is 0 Å². The van der Waals surface area contributed by atoms with E-state index in [4.69, 9.17) is 0 Å². The molecule has 0 amide bonds. The smallest absolute Gasteiger partial charge is 0.229 e. The molecule has 0 atom stereocenters. The van der Waals surface area contributed by atoms with Crippen molar-refractivity contribution < 1.29 is 4.92 Å². The largest absolute Gasteiger partial charge is 0.264 e. The predicted octanol–water partition coefficient (Wildman–Crippen LogP) is 1.87. The van der Waals surface area contributed by atoms with E-state index in [0.717, 1.165) is 16.7 Å². The van der Waals surface area contributed by atoms with Gasteiger partial charge in [-0.25, -0.2) is 4.98 Å². The number of aromatic amines is 1. The molecule has 6 heteroatoms. The van der Waals surface area contributed by atoms with Crippen LogP contribution in [0.15, 0.2) is 18.5 Å². The maximum atomic E-state index is 10.6. The molecule has 0 aliphatic heterocycles. The van der Waals surface area contributed by atoms with E-state index in [9.17, 15) is 10.1 Å². The number of rotatable bonds is 3. The van der Waals surface area contributed by atoms with Crippen LogP contribution in [0.25, 0.3) is 11.4 Å². The summed E-state index contributed by atoms with van der Waals surface area (Å²) >= 11 is 0. The summed E-state index contributed by atoms with van der Waals surface area (Å²) in [5.74, 6) is 0.623. The van der Waals surface area contributed by atoms with E-state index in [-0.39, 0.29) is 11.5 Å². The van der Waals surface area contributed by atoms with E-state index in [0.29, 0.717) is 11.4 Å². The number of hydrogen-bond acceptors (Lipinski definition) is 4. The Labute approximate surface area is 97.9 Å². The molecule has 1 aromatic carbocycles. The Bertz CT molecular complexity index is 549. The van der Waals surface area contributed by atoms with Gasteiger partial charge in [0.15, 0.2) is 5.82 Å². The van der Waals surface area contributed by atoms with Crippen LogP contribution < -0.4 is 0 Å². The highest BCUT2D eigenvalue weighted by Crippen LogP contribution is 2.22. The third-order valence-corrected chi connectivity index (χ3v) is 2.76. The molecule has 2 aromatic rings. The number of hydrogen-bond donors (Lipinski definition) is 1. The van der Waals surface area contributed by atoms with Crippen LogP contribution in [0, 0.1) is 24.0 Å². The van der Waals surface area contributed by atoms with E-state index in [1.54, 1.807) is 6.07 Å². The fourth-order valence-corrected chi connectivity index (χ4v) is 1.72. The molecule has 1 heterocycles. The first-order chi connectivity index (χ1) is 8.08. The van der Waals surface area contributed by atoms with Crippen LogP contribution >= 0.6 is 0 Å². The lowest BCUT2D eigenvalue weighted by atomic mass is 9.99. The summed E-state index contributed by atoms with van der Waals surface area (Å²) < 4.78 is 0. The van der Waals surface area contributed by atoms with Gasteiger partial charge in [-0.1, -0.05) is 0 Å². The Kier molecular flexibility index (Phi) is 2.86. The standard InChI is InChI=1S/C11H12N4O2/c1-7-3-9(11-12-6-13-14-11)4-10(8(7)2)5-15(16)17/h3-4,6H,5H2,1-2H3,(H,12,13,14). The predicted molar refractivity (Wildman–Crippen MR) is 62.0 cm³/mol. The number of benzene rings is 1. The van der Waals surface area contributed by atoms with Gasteiger partial charge in [0.1, 0.15) is 6.33 Å². The molecule has 1 N–H and O–H groups in total. The molecule has 88 valence electrons. The fourth-order valence-electron chi connectivity index (χ4n) is 1.72. The molecule has 0 saturated heterocycles. The molecule has 2 rings (SSSR count). The van der Waals surface area contributed by atoms with E-state index >= 15 is 0 Å². The zero-order valence-corrected chi connectivity index (χ0v) is 9.60. The molecule has 0 unspecified atom stereocenters. The summed E-state index contributed by atoms with van der Waals surface area (Å²) in [6.45, 7) is 3.64. The van der Waals surface area contributed by atoms with Crippen LogP contribution in [0.1, 0.15) is 16.7 Å². The van der Waals surface area contributed by atoms with Gasteiger partial charge in [-0.3, -0.25) is 15.2 Å². The second-order valence-electron chi connectivity index (χ2n) is 3.90. The quantitative estimate of drug-likeness (QED) is 0.646. The van der Waals surface area contributed by atoms with Gasteiger partial charge in [0, 0.05) is 16.1 Å². The van der Waals surface area contributed by atoms with Gasteiger partial charge in [0.25, 0.3) is 0 Å². The summed E-state index contributed by atoms with van der Waals surface area (Å²) in [7, 11) is 0. The monoisotopic (exact) mass is 232 g/mol. The highest BCUT2D eigenvalue weighted by Gasteiger charge is 2.11. The summed E-state index contributed by atoms with van der Waals surface area (Å²) in [4.78, 5) is 14.3.